The van der Waals surface area contributed by atoms with E-state index in [1.165, 1.54) is 30.4 Å². The number of aromatic amines is 1. The van der Waals surface area contributed by atoms with Gasteiger partial charge in [0.05, 0.1) is 22.5 Å². The lowest BCUT2D eigenvalue weighted by molar-refractivity contribution is -0.105. The van der Waals surface area contributed by atoms with Gasteiger partial charge in [-0.1, -0.05) is 0 Å². The van der Waals surface area contributed by atoms with E-state index < -0.39 is 12.8 Å². The number of hydrogen-bond donors (Lipinski definition) is 1. The number of aromatic nitrogens is 3. The van der Waals surface area contributed by atoms with Gasteiger partial charge in [0.25, 0.3) is 0 Å². The summed E-state index contributed by atoms with van der Waals surface area (Å²) >= 11 is 1.23. The second-order valence-corrected chi connectivity index (χ2v) is 5.08. The minimum Gasteiger partial charge on any atom is -0.345 e. The molecule has 0 bridgehead atoms. The molecule has 2 aromatic rings. The smallest absolute Gasteiger partial charge is 0.242 e. The fraction of sp³-hybridized carbons (Fsp3) is 0.231. The molecule has 2 aromatic heterocycles. The van der Waals surface area contributed by atoms with Crippen LogP contribution in [0.25, 0.3) is 16.1 Å². The Labute approximate surface area is 123 Å². The van der Waals surface area contributed by atoms with E-state index in [4.69, 9.17) is 0 Å². The van der Waals surface area contributed by atoms with E-state index >= 15 is 0 Å². The SMILES string of the molecule is C=N/C=C(\SCC=O)c1cnc2[nH]cc(CC(F)F)c2n1. The maximum absolute atomic E-state index is 12.5. The molecule has 1 N–H and O–H groups in total. The van der Waals surface area contributed by atoms with Gasteiger partial charge in [0.15, 0.2) is 5.65 Å². The molecule has 0 spiro atoms. The summed E-state index contributed by atoms with van der Waals surface area (Å²) < 4.78 is 25.1. The van der Waals surface area contributed by atoms with Crippen molar-refractivity contribution in [3.05, 3.63) is 29.9 Å². The van der Waals surface area contributed by atoms with E-state index in [2.05, 4.69) is 26.7 Å². The van der Waals surface area contributed by atoms with Gasteiger partial charge < -0.3 is 9.78 Å². The molecule has 2 rings (SSSR count). The van der Waals surface area contributed by atoms with Gasteiger partial charge in [-0.05, 0) is 6.72 Å². The van der Waals surface area contributed by atoms with Gasteiger partial charge in [0.2, 0.25) is 6.43 Å². The van der Waals surface area contributed by atoms with E-state index in [1.807, 2.05) is 0 Å². The number of alkyl halides is 2. The summed E-state index contributed by atoms with van der Waals surface area (Å²) in [6.45, 7) is 3.36. The topological polar surface area (TPSA) is 71.0 Å². The zero-order valence-electron chi connectivity index (χ0n) is 10.9. The maximum atomic E-state index is 12.5. The second-order valence-electron chi connectivity index (χ2n) is 4.02. The second kappa shape index (κ2) is 7.07. The van der Waals surface area contributed by atoms with Crippen molar-refractivity contribution in [3.63, 3.8) is 0 Å². The Kier molecular flexibility index (Phi) is 5.15. The number of carbonyl (C=O) groups excluding carboxylic acids is 1. The molecule has 0 aromatic carbocycles. The van der Waals surface area contributed by atoms with Gasteiger partial charge in [-0.15, -0.1) is 11.8 Å². The Morgan fingerprint density at radius 3 is 3.05 bits per heavy atom. The molecule has 0 saturated carbocycles. The van der Waals surface area contributed by atoms with Gasteiger partial charge >= 0.3 is 0 Å². The highest BCUT2D eigenvalue weighted by atomic mass is 32.2. The molecule has 110 valence electrons. The van der Waals surface area contributed by atoms with Crippen LogP contribution in [-0.2, 0) is 11.2 Å². The molecule has 21 heavy (non-hydrogen) atoms. The standard InChI is InChI=1S/C13H12F2N4OS/c1-16-7-10(21-3-2-20)9-6-18-13-12(19-9)8(5-17-13)4-11(14)15/h2,5-7,11H,1,3-4H2,(H,17,18)/b10-7-. The first-order chi connectivity index (χ1) is 10.2. The third-order valence-corrected chi connectivity index (χ3v) is 3.53. The van der Waals surface area contributed by atoms with Crippen LogP contribution in [-0.4, -0.2) is 40.1 Å². The molecule has 0 saturated heterocycles. The molecule has 0 unspecified atom stereocenters. The molecule has 0 amide bonds. The van der Waals surface area contributed by atoms with Crippen molar-refractivity contribution in [2.24, 2.45) is 4.99 Å². The molecule has 0 atom stereocenters. The summed E-state index contributed by atoms with van der Waals surface area (Å²) in [5.41, 5.74) is 1.72. The molecular weight excluding hydrogens is 298 g/mol. The number of nitrogens with one attached hydrogen (secondary N) is 1. The highest BCUT2D eigenvalue weighted by Gasteiger charge is 2.14. The Balaban J connectivity index is 2.41. The Hall–Kier alpha value is -2.09. The monoisotopic (exact) mass is 310 g/mol. The average molecular weight is 310 g/mol. The lowest BCUT2D eigenvalue weighted by atomic mass is 10.2. The van der Waals surface area contributed by atoms with Crippen molar-refractivity contribution in [2.75, 3.05) is 5.75 Å². The number of hydrogen-bond acceptors (Lipinski definition) is 5. The summed E-state index contributed by atoms with van der Waals surface area (Å²) in [4.78, 5) is 26.0. The van der Waals surface area contributed by atoms with Crippen LogP contribution < -0.4 is 0 Å². The molecule has 0 aliphatic rings. The first-order valence-corrected chi connectivity index (χ1v) is 6.98. The highest BCUT2D eigenvalue weighted by molar-refractivity contribution is 8.08. The van der Waals surface area contributed by atoms with E-state index in [9.17, 15) is 13.6 Å². The average Bonchev–Trinajstić information content (AvgIpc) is 2.85. The number of nitrogens with zero attached hydrogens (tertiary/aromatic N) is 3. The summed E-state index contributed by atoms with van der Waals surface area (Å²) in [5, 5.41) is 0. The molecule has 0 aliphatic heterocycles. The lowest BCUT2D eigenvalue weighted by Crippen LogP contribution is -1.97. The highest BCUT2D eigenvalue weighted by Crippen LogP contribution is 2.27. The first kappa shape index (κ1) is 15.3. The minimum absolute atomic E-state index is 0.234. The number of fused-ring (bicyclic) bond motifs is 1. The van der Waals surface area contributed by atoms with Crippen LogP contribution in [0.1, 0.15) is 11.3 Å². The van der Waals surface area contributed by atoms with E-state index in [0.29, 0.717) is 27.3 Å². The number of carbonyl (C=O) groups is 1. The largest absolute Gasteiger partial charge is 0.345 e. The number of H-pyrrole nitrogens is 1. The third kappa shape index (κ3) is 3.72. The zero-order valence-corrected chi connectivity index (χ0v) is 11.7. The fourth-order valence-corrected chi connectivity index (χ4v) is 2.41. The quantitative estimate of drug-likeness (QED) is 0.630. The van der Waals surface area contributed by atoms with Crippen LogP contribution in [0.2, 0.25) is 0 Å². The predicted molar refractivity (Wildman–Crippen MR) is 79.6 cm³/mol. The number of aliphatic imine (C=N–C) groups is 1. The normalized spacial score (nSPS) is 12.0. The maximum Gasteiger partial charge on any atom is 0.242 e. The van der Waals surface area contributed by atoms with Crippen LogP contribution in [0.4, 0.5) is 8.78 Å². The summed E-state index contributed by atoms with van der Waals surface area (Å²) in [6.07, 6.45) is 2.35. The van der Waals surface area contributed by atoms with Gasteiger partial charge in [-0.2, -0.15) is 0 Å². The lowest BCUT2D eigenvalue weighted by Gasteiger charge is -2.04. The number of halogens is 2. The fourth-order valence-electron chi connectivity index (χ4n) is 1.77. The van der Waals surface area contributed by atoms with Crippen LogP contribution >= 0.6 is 11.8 Å². The van der Waals surface area contributed by atoms with Gasteiger partial charge in [-0.3, -0.25) is 4.99 Å². The molecule has 0 fully saturated rings. The first-order valence-electron chi connectivity index (χ1n) is 5.99. The van der Waals surface area contributed by atoms with Crippen molar-refractivity contribution in [2.45, 2.75) is 12.8 Å². The molecule has 2 heterocycles. The van der Waals surface area contributed by atoms with Crippen molar-refractivity contribution < 1.29 is 13.6 Å². The van der Waals surface area contributed by atoms with Crippen LogP contribution in [0.3, 0.4) is 0 Å². The summed E-state index contributed by atoms with van der Waals surface area (Å²) in [7, 11) is 0. The number of rotatable bonds is 7. The van der Waals surface area contributed by atoms with Crippen LogP contribution in [0, 0.1) is 0 Å². The zero-order chi connectivity index (χ0) is 15.2. The van der Waals surface area contributed by atoms with Crippen LogP contribution in [0.5, 0.6) is 0 Å². The number of aldehydes is 1. The van der Waals surface area contributed by atoms with Gasteiger partial charge in [0, 0.05) is 24.4 Å². The van der Waals surface area contributed by atoms with Gasteiger partial charge in [-0.25, -0.2) is 18.7 Å². The summed E-state index contributed by atoms with van der Waals surface area (Å²) in [6, 6.07) is 0. The van der Waals surface area contributed by atoms with Gasteiger partial charge in [0.1, 0.15) is 11.8 Å². The van der Waals surface area contributed by atoms with E-state index in [1.54, 1.807) is 0 Å². The van der Waals surface area contributed by atoms with E-state index in [0.717, 1.165) is 6.29 Å². The van der Waals surface area contributed by atoms with Crippen molar-refractivity contribution >= 4 is 40.8 Å². The Bertz CT molecular complexity index is 684. The molecular formula is C13H12F2N4OS. The molecule has 8 heteroatoms. The van der Waals surface area contributed by atoms with Crippen molar-refractivity contribution in [1.82, 2.24) is 15.0 Å². The number of thioether (sulfide) groups is 1. The van der Waals surface area contributed by atoms with Crippen molar-refractivity contribution in [3.8, 4) is 0 Å². The summed E-state index contributed by atoms with van der Waals surface area (Å²) in [5.74, 6) is 0.234. The van der Waals surface area contributed by atoms with E-state index in [-0.39, 0.29) is 5.75 Å². The Morgan fingerprint density at radius 1 is 1.57 bits per heavy atom. The molecule has 5 nitrogen and oxygen atoms in total. The minimum atomic E-state index is -2.45. The predicted octanol–water partition coefficient (Wildman–Crippen LogP) is 2.70. The Morgan fingerprint density at radius 2 is 2.38 bits per heavy atom. The van der Waals surface area contributed by atoms with Crippen molar-refractivity contribution in [1.29, 1.82) is 0 Å². The molecule has 0 aliphatic carbocycles. The molecule has 0 radical (unpaired) electrons. The third-order valence-electron chi connectivity index (χ3n) is 2.60. The van der Waals surface area contributed by atoms with Crippen LogP contribution in [0.15, 0.2) is 23.6 Å².